The van der Waals surface area contributed by atoms with Crippen LogP contribution in [0.5, 0.6) is 0 Å². The highest BCUT2D eigenvalue weighted by Crippen LogP contribution is 2.47. The fourth-order valence-corrected chi connectivity index (χ4v) is 4.20. The van der Waals surface area contributed by atoms with Crippen molar-refractivity contribution in [1.29, 1.82) is 0 Å². The lowest BCUT2D eigenvalue weighted by molar-refractivity contribution is -0.160. The van der Waals surface area contributed by atoms with E-state index in [0.717, 1.165) is 0 Å². The molecule has 0 aromatic rings. The van der Waals surface area contributed by atoms with Crippen LogP contribution in [0.15, 0.2) is 0 Å². The van der Waals surface area contributed by atoms with E-state index >= 15 is 0 Å². The molecule has 0 aromatic heterocycles. The van der Waals surface area contributed by atoms with Crippen molar-refractivity contribution in [3.05, 3.63) is 0 Å². The first-order valence-electron chi connectivity index (χ1n) is 6.71. The number of fused-ring (bicyclic) bond motifs is 1. The first kappa shape index (κ1) is 13.6. The average molecular weight is 258 g/mol. The Balaban J connectivity index is 1.99. The lowest BCUT2D eigenvalue weighted by Crippen LogP contribution is -2.25. The Bertz CT molecular complexity index is 331. The van der Waals surface area contributed by atoms with Gasteiger partial charge in [-0.05, 0) is 58.0 Å². The van der Waals surface area contributed by atoms with Gasteiger partial charge in [0.05, 0.1) is 12.2 Å². The zero-order chi connectivity index (χ0) is 12.8. The summed E-state index contributed by atoms with van der Waals surface area (Å²) in [4.78, 5) is 0. The smallest absolute Gasteiger partial charge is 0.163 e. The summed E-state index contributed by atoms with van der Waals surface area (Å²) in [7, 11) is 0. The van der Waals surface area contributed by atoms with Gasteiger partial charge in [-0.1, -0.05) is 6.92 Å². The average Bonchev–Trinajstić information content (AvgIpc) is 2.58. The van der Waals surface area contributed by atoms with E-state index in [0.29, 0.717) is 24.0 Å². The number of ether oxygens (including phenoxy) is 2. The molecule has 1 aliphatic heterocycles. The standard InChI is InChI=1S/C14H27O2P/c1-10-9-11(7-8-17(4,5)6)13-12(10)15-14(2,3)16-13/h10-13H,4,7-9H2,1-3,5-6H3. The van der Waals surface area contributed by atoms with Crippen LogP contribution in [0.3, 0.4) is 0 Å². The van der Waals surface area contributed by atoms with Gasteiger partial charge in [0.2, 0.25) is 0 Å². The van der Waals surface area contributed by atoms with Gasteiger partial charge in [0.25, 0.3) is 0 Å². The normalized spacial score (nSPS) is 40.5. The fourth-order valence-electron chi connectivity index (χ4n) is 3.16. The van der Waals surface area contributed by atoms with E-state index in [2.05, 4.69) is 26.6 Å². The molecule has 4 atom stereocenters. The predicted octanol–water partition coefficient (Wildman–Crippen LogP) is 3.26. The number of rotatable bonds is 3. The van der Waals surface area contributed by atoms with Gasteiger partial charge in [-0.15, -0.1) is 13.2 Å². The van der Waals surface area contributed by atoms with Crippen LogP contribution in [0.2, 0.25) is 0 Å². The van der Waals surface area contributed by atoms with E-state index in [1.807, 2.05) is 13.8 Å². The van der Waals surface area contributed by atoms with Gasteiger partial charge < -0.3 is 9.47 Å². The van der Waals surface area contributed by atoms with Crippen molar-refractivity contribution in [3.8, 4) is 0 Å². The summed E-state index contributed by atoms with van der Waals surface area (Å²) in [6, 6.07) is 0. The Morgan fingerprint density at radius 1 is 1.24 bits per heavy atom. The SMILES string of the molecule is C=P(C)(C)CCC1CC(C)C2OC(C)(C)OC12. The van der Waals surface area contributed by atoms with Gasteiger partial charge >= 0.3 is 0 Å². The van der Waals surface area contributed by atoms with E-state index in [9.17, 15) is 0 Å². The molecule has 1 saturated carbocycles. The molecule has 100 valence electrons. The molecule has 0 radical (unpaired) electrons. The van der Waals surface area contributed by atoms with E-state index in [4.69, 9.17) is 9.47 Å². The fraction of sp³-hybridized carbons (Fsp3) is 0.929. The van der Waals surface area contributed by atoms with Crippen molar-refractivity contribution in [2.24, 2.45) is 11.8 Å². The molecule has 2 aliphatic rings. The monoisotopic (exact) mass is 258 g/mol. The predicted molar refractivity (Wildman–Crippen MR) is 76.5 cm³/mol. The van der Waals surface area contributed by atoms with Gasteiger partial charge in [-0.2, -0.15) is 0 Å². The van der Waals surface area contributed by atoms with Crippen molar-refractivity contribution in [3.63, 3.8) is 0 Å². The molecular weight excluding hydrogens is 231 g/mol. The third kappa shape index (κ3) is 3.16. The molecule has 1 heterocycles. The summed E-state index contributed by atoms with van der Waals surface area (Å²) in [6.07, 6.45) is 8.74. The summed E-state index contributed by atoms with van der Waals surface area (Å²) in [5.74, 6) is 0.938. The van der Waals surface area contributed by atoms with E-state index in [-0.39, 0.29) is 5.79 Å². The molecule has 0 aromatic carbocycles. The first-order chi connectivity index (χ1) is 7.68. The molecule has 2 rings (SSSR count). The minimum Gasteiger partial charge on any atom is -0.344 e. The molecule has 1 aliphatic carbocycles. The van der Waals surface area contributed by atoms with Gasteiger partial charge in [-0.25, -0.2) is 0 Å². The second-order valence-corrected chi connectivity index (χ2v) is 11.3. The third-order valence-electron chi connectivity index (χ3n) is 3.97. The van der Waals surface area contributed by atoms with Crippen LogP contribution < -0.4 is 0 Å². The van der Waals surface area contributed by atoms with Crippen molar-refractivity contribution in [2.45, 2.75) is 51.6 Å². The lowest BCUT2D eigenvalue weighted by Gasteiger charge is -2.23. The number of hydrogen-bond acceptors (Lipinski definition) is 2. The molecular formula is C14H27O2P. The molecule has 4 unspecified atom stereocenters. The quantitative estimate of drug-likeness (QED) is 0.723. The van der Waals surface area contributed by atoms with Crippen LogP contribution in [-0.4, -0.2) is 43.8 Å². The second-order valence-electron chi connectivity index (χ2n) is 6.99. The number of hydrogen-bond donors (Lipinski definition) is 0. The van der Waals surface area contributed by atoms with Gasteiger partial charge in [0.15, 0.2) is 5.79 Å². The van der Waals surface area contributed by atoms with Crippen LogP contribution in [0.25, 0.3) is 0 Å². The van der Waals surface area contributed by atoms with Crippen LogP contribution in [0.4, 0.5) is 0 Å². The summed E-state index contributed by atoms with van der Waals surface area (Å²) >= 11 is 0. The van der Waals surface area contributed by atoms with Gasteiger partial charge in [0.1, 0.15) is 0 Å². The van der Waals surface area contributed by atoms with Crippen LogP contribution >= 0.6 is 6.89 Å². The highest BCUT2D eigenvalue weighted by Gasteiger charge is 2.51. The second kappa shape index (κ2) is 4.40. The minimum absolute atomic E-state index is 0.321. The molecule has 2 fully saturated rings. The highest BCUT2D eigenvalue weighted by atomic mass is 31.2. The maximum atomic E-state index is 6.09. The van der Waals surface area contributed by atoms with Crippen LogP contribution in [0.1, 0.15) is 33.6 Å². The maximum Gasteiger partial charge on any atom is 0.163 e. The summed E-state index contributed by atoms with van der Waals surface area (Å²) in [6.45, 7) is 10.1. The van der Waals surface area contributed by atoms with Gasteiger partial charge in [-0.3, -0.25) is 0 Å². The topological polar surface area (TPSA) is 18.5 Å². The lowest BCUT2D eigenvalue weighted by atomic mass is 10.0. The van der Waals surface area contributed by atoms with Crippen molar-refractivity contribution in [2.75, 3.05) is 19.5 Å². The van der Waals surface area contributed by atoms with Crippen LogP contribution in [-0.2, 0) is 9.47 Å². The molecule has 1 saturated heterocycles. The molecule has 0 N–H and O–H groups in total. The Kier molecular flexibility index (Phi) is 3.53. The maximum absolute atomic E-state index is 6.09. The molecule has 3 heteroatoms. The van der Waals surface area contributed by atoms with Gasteiger partial charge in [0, 0.05) is 0 Å². The minimum atomic E-state index is -0.903. The molecule has 2 nitrogen and oxygen atoms in total. The zero-order valence-electron chi connectivity index (χ0n) is 11.9. The van der Waals surface area contributed by atoms with Crippen molar-refractivity contribution < 1.29 is 9.47 Å². The Morgan fingerprint density at radius 2 is 1.82 bits per heavy atom. The largest absolute Gasteiger partial charge is 0.344 e. The molecule has 17 heavy (non-hydrogen) atoms. The van der Waals surface area contributed by atoms with E-state index in [1.165, 1.54) is 19.0 Å². The highest BCUT2D eigenvalue weighted by molar-refractivity contribution is 7.72. The van der Waals surface area contributed by atoms with E-state index in [1.54, 1.807) is 0 Å². The summed E-state index contributed by atoms with van der Waals surface area (Å²) in [5.41, 5.74) is 0. The Labute approximate surface area is 106 Å². The third-order valence-corrected chi connectivity index (χ3v) is 5.44. The first-order valence-corrected chi connectivity index (χ1v) is 9.76. The Hall–Kier alpha value is 0.220. The summed E-state index contributed by atoms with van der Waals surface area (Å²) < 4.78 is 12.1. The summed E-state index contributed by atoms with van der Waals surface area (Å²) in [5, 5.41) is 0. The molecule has 0 spiro atoms. The zero-order valence-corrected chi connectivity index (χ0v) is 12.8. The van der Waals surface area contributed by atoms with Crippen molar-refractivity contribution in [1.82, 2.24) is 0 Å². The molecule has 0 amide bonds. The Morgan fingerprint density at radius 3 is 2.41 bits per heavy atom. The van der Waals surface area contributed by atoms with E-state index < -0.39 is 6.89 Å². The molecule has 0 bridgehead atoms. The van der Waals surface area contributed by atoms with Crippen molar-refractivity contribution >= 4 is 13.2 Å². The van der Waals surface area contributed by atoms with Crippen LogP contribution in [0, 0.1) is 11.8 Å².